The van der Waals surface area contributed by atoms with Crippen molar-refractivity contribution in [3.63, 3.8) is 0 Å². The highest BCUT2D eigenvalue weighted by atomic mass is 127. The molecule has 0 radical (unpaired) electrons. The molecule has 0 aliphatic heterocycles. The summed E-state index contributed by atoms with van der Waals surface area (Å²) in [5, 5.41) is 6.69. The number of hydrogen-bond acceptors (Lipinski definition) is 2. The molecule has 0 amide bonds. The van der Waals surface area contributed by atoms with E-state index in [4.69, 9.17) is 0 Å². The smallest absolute Gasteiger partial charge is 0.191 e. The first kappa shape index (κ1) is 17.3. The van der Waals surface area contributed by atoms with Crippen LogP contribution in [0.5, 0.6) is 0 Å². The van der Waals surface area contributed by atoms with Gasteiger partial charge in [-0.3, -0.25) is 0 Å². The Balaban J connectivity index is 0.00000200. The Morgan fingerprint density at radius 3 is 2.85 bits per heavy atom. The second-order valence-corrected chi connectivity index (χ2v) is 5.50. The summed E-state index contributed by atoms with van der Waals surface area (Å²) in [5.41, 5.74) is 0. The lowest BCUT2D eigenvalue weighted by Crippen LogP contribution is -2.38. The highest BCUT2D eigenvalue weighted by molar-refractivity contribution is 14.0. The van der Waals surface area contributed by atoms with Gasteiger partial charge in [0.2, 0.25) is 0 Å². The summed E-state index contributed by atoms with van der Waals surface area (Å²) in [4.78, 5) is 9.01. The lowest BCUT2D eigenvalue weighted by atomic mass is 10.2. The van der Waals surface area contributed by atoms with Crippen molar-refractivity contribution in [2.45, 2.75) is 52.7 Å². The summed E-state index contributed by atoms with van der Waals surface area (Å²) >= 11 is 0. The highest BCUT2D eigenvalue weighted by Crippen LogP contribution is 2.18. The number of imidazole rings is 1. The van der Waals surface area contributed by atoms with Crippen LogP contribution in [0, 0.1) is 5.92 Å². The number of hydrogen-bond donors (Lipinski definition) is 2. The van der Waals surface area contributed by atoms with Gasteiger partial charge in [0.1, 0.15) is 12.4 Å². The van der Waals surface area contributed by atoms with Gasteiger partial charge in [-0.1, -0.05) is 13.8 Å². The average Bonchev–Trinajstić information content (AvgIpc) is 3.06. The van der Waals surface area contributed by atoms with E-state index >= 15 is 0 Å². The van der Waals surface area contributed by atoms with Crippen LogP contribution in [0.2, 0.25) is 0 Å². The molecule has 0 spiro atoms. The van der Waals surface area contributed by atoms with Crippen molar-refractivity contribution in [2.75, 3.05) is 6.54 Å². The van der Waals surface area contributed by atoms with E-state index in [0.717, 1.165) is 24.9 Å². The molecule has 1 aromatic heterocycles. The molecule has 1 aliphatic rings. The van der Waals surface area contributed by atoms with E-state index in [0.29, 0.717) is 18.5 Å². The number of guanidine groups is 1. The maximum absolute atomic E-state index is 4.62. The highest BCUT2D eigenvalue weighted by Gasteiger charge is 2.22. The molecule has 0 unspecified atom stereocenters. The van der Waals surface area contributed by atoms with Crippen molar-refractivity contribution in [2.24, 2.45) is 10.9 Å². The Morgan fingerprint density at radius 1 is 1.50 bits per heavy atom. The normalized spacial score (nSPS) is 15.1. The van der Waals surface area contributed by atoms with Crippen LogP contribution >= 0.6 is 24.0 Å². The Labute approximate surface area is 138 Å². The number of halogens is 1. The molecule has 6 heteroatoms. The third-order valence-electron chi connectivity index (χ3n) is 3.00. The average molecular weight is 391 g/mol. The first-order valence-corrected chi connectivity index (χ1v) is 7.24. The maximum atomic E-state index is 4.62. The van der Waals surface area contributed by atoms with Crippen molar-refractivity contribution in [3.8, 4) is 0 Å². The van der Waals surface area contributed by atoms with Crippen LogP contribution in [0.25, 0.3) is 0 Å². The SMILES string of the molecule is CCNC(=NCc1nccn1CC(C)C)NC1CC1.I. The van der Waals surface area contributed by atoms with E-state index in [-0.39, 0.29) is 24.0 Å². The Hall–Kier alpha value is -0.790. The molecular formula is C14H26IN5. The molecule has 0 saturated heterocycles. The monoisotopic (exact) mass is 391 g/mol. The topological polar surface area (TPSA) is 54.2 Å². The Morgan fingerprint density at radius 2 is 2.25 bits per heavy atom. The molecule has 114 valence electrons. The van der Waals surface area contributed by atoms with Crippen molar-refractivity contribution >= 4 is 29.9 Å². The predicted molar refractivity (Wildman–Crippen MR) is 93.5 cm³/mol. The van der Waals surface area contributed by atoms with Crippen LogP contribution in [-0.4, -0.2) is 28.1 Å². The standard InChI is InChI=1S/C14H25N5.HI/c1-4-15-14(18-12-5-6-12)17-9-13-16-7-8-19(13)10-11(2)3;/h7-8,11-12H,4-6,9-10H2,1-3H3,(H2,15,17,18);1H. The number of aliphatic imine (C=N–C) groups is 1. The zero-order chi connectivity index (χ0) is 13.7. The lowest BCUT2D eigenvalue weighted by molar-refractivity contribution is 0.507. The molecule has 0 aromatic carbocycles. The number of nitrogens with zero attached hydrogens (tertiary/aromatic N) is 3. The van der Waals surface area contributed by atoms with Gasteiger partial charge in [0.25, 0.3) is 0 Å². The fourth-order valence-corrected chi connectivity index (χ4v) is 1.94. The molecule has 0 atom stereocenters. The molecule has 1 aliphatic carbocycles. The summed E-state index contributed by atoms with van der Waals surface area (Å²) in [5.74, 6) is 2.56. The summed E-state index contributed by atoms with van der Waals surface area (Å²) in [6.07, 6.45) is 6.40. The second kappa shape index (κ2) is 8.49. The van der Waals surface area contributed by atoms with E-state index in [1.807, 2.05) is 12.4 Å². The molecule has 20 heavy (non-hydrogen) atoms. The van der Waals surface area contributed by atoms with Gasteiger partial charge in [0.15, 0.2) is 5.96 Å². The van der Waals surface area contributed by atoms with Crippen LogP contribution in [0.15, 0.2) is 17.4 Å². The van der Waals surface area contributed by atoms with E-state index in [1.165, 1.54) is 12.8 Å². The van der Waals surface area contributed by atoms with Gasteiger partial charge < -0.3 is 15.2 Å². The lowest BCUT2D eigenvalue weighted by Gasteiger charge is -2.11. The first-order valence-electron chi connectivity index (χ1n) is 7.24. The Kier molecular flexibility index (Phi) is 7.32. The molecular weight excluding hydrogens is 365 g/mol. The minimum Gasteiger partial charge on any atom is -0.357 e. The Bertz CT molecular complexity index is 423. The number of aromatic nitrogens is 2. The van der Waals surface area contributed by atoms with E-state index < -0.39 is 0 Å². The molecule has 1 heterocycles. The van der Waals surface area contributed by atoms with Crippen molar-refractivity contribution in [3.05, 3.63) is 18.2 Å². The van der Waals surface area contributed by atoms with E-state index in [9.17, 15) is 0 Å². The van der Waals surface area contributed by atoms with Crippen molar-refractivity contribution in [1.82, 2.24) is 20.2 Å². The van der Waals surface area contributed by atoms with E-state index in [2.05, 4.69) is 45.9 Å². The molecule has 5 nitrogen and oxygen atoms in total. The quantitative estimate of drug-likeness (QED) is 0.445. The van der Waals surface area contributed by atoms with Gasteiger partial charge in [0, 0.05) is 31.5 Å². The van der Waals surface area contributed by atoms with Crippen LogP contribution < -0.4 is 10.6 Å². The molecule has 1 fully saturated rings. The van der Waals surface area contributed by atoms with Gasteiger partial charge in [-0.15, -0.1) is 24.0 Å². The zero-order valence-electron chi connectivity index (χ0n) is 12.6. The zero-order valence-corrected chi connectivity index (χ0v) is 14.9. The largest absolute Gasteiger partial charge is 0.357 e. The van der Waals surface area contributed by atoms with Gasteiger partial charge >= 0.3 is 0 Å². The van der Waals surface area contributed by atoms with Crippen LogP contribution in [0.1, 0.15) is 39.4 Å². The van der Waals surface area contributed by atoms with Crippen molar-refractivity contribution in [1.29, 1.82) is 0 Å². The summed E-state index contributed by atoms with van der Waals surface area (Å²) in [6.45, 7) is 9.03. The molecule has 2 rings (SSSR count). The minimum atomic E-state index is 0. The van der Waals surface area contributed by atoms with Crippen LogP contribution in [0.3, 0.4) is 0 Å². The molecule has 2 N–H and O–H groups in total. The van der Waals surface area contributed by atoms with Gasteiger partial charge in [0.05, 0.1) is 0 Å². The summed E-state index contributed by atoms with van der Waals surface area (Å²) in [6, 6.07) is 0.619. The third-order valence-corrected chi connectivity index (χ3v) is 3.00. The van der Waals surface area contributed by atoms with Gasteiger partial charge in [-0.05, 0) is 25.7 Å². The number of rotatable bonds is 6. The fraction of sp³-hybridized carbons (Fsp3) is 0.714. The third kappa shape index (κ3) is 5.68. The summed E-state index contributed by atoms with van der Waals surface area (Å²) < 4.78 is 2.19. The predicted octanol–water partition coefficient (Wildman–Crippen LogP) is 2.37. The molecule has 0 bridgehead atoms. The summed E-state index contributed by atoms with van der Waals surface area (Å²) in [7, 11) is 0. The fourth-order valence-electron chi connectivity index (χ4n) is 1.94. The van der Waals surface area contributed by atoms with Gasteiger partial charge in [-0.2, -0.15) is 0 Å². The minimum absolute atomic E-state index is 0. The van der Waals surface area contributed by atoms with Crippen LogP contribution in [-0.2, 0) is 13.1 Å². The van der Waals surface area contributed by atoms with Gasteiger partial charge in [-0.25, -0.2) is 9.98 Å². The molecule has 1 aromatic rings. The maximum Gasteiger partial charge on any atom is 0.191 e. The van der Waals surface area contributed by atoms with Crippen LogP contribution in [0.4, 0.5) is 0 Å². The molecule has 1 saturated carbocycles. The second-order valence-electron chi connectivity index (χ2n) is 5.50. The first-order chi connectivity index (χ1) is 9.19. The van der Waals surface area contributed by atoms with E-state index in [1.54, 1.807) is 0 Å². The number of nitrogens with one attached hydrogen (secondary N) is 2. The van der Waals surface area contributed by atoms with Crippen molar-refractivity contribution < 1.29 is 0 Å².